The lowest BCUT2D eigenvalue weighted by Gasteiger charge is -1.98. The lowest BCUT2D eigenvalue weighted by Crippen LogP contribution is -2.04. The second-order valence-corrected chi connectivity index (χ2v) is 2.88. The Morgan fingerprint density at radius 2 is 2.00 bits per heavy atom. The number of alkyl halides is 3. The number of anilines is 1. The smallest absolute Gasteiger partial charge is 0.413 e. The summed E-state index contributed by atoms with van der Waals surface area (Å²) in [4.78, 5) is 3.69. The fourth-order valence-corrected chi connectivity index (χ4v) is 1.04. The fraction of sp³-hybridized carbons (Fsp3) is 0.125. The first-order chi connectivity index (χ1) is 7.47. The normalized spacial score (nSPS) is 11.7. The van der Waals surface area contributed by atoms with Gasteiger partial charge in [-0.05, 0) is 12.1 Å². The molecule has 0 spiro atoms. The third-order valence-corrected chi connectivity index (χ3v) is 1.70. The Morgan fingerprint density at radius 3 is 2.56 bits per heavy atom. The van der Waals surface area contributed by atoms with Gasteiger partial charge in [0.1, 0.15) is 5.82 Å². The molecular formula is C8H5F3N4O. The van der Waals surface area contributed by atoms with Crippen LogP contribution >= 0.6 is 0 Å². The molecule has 0 bridgehead atoms. The zero-order valence-electron chi connectivity index (χ0n) is 7.69. The number of nitrogens with zero attached hydrogens (tertiary/aromatic N) is 3. The van der Waals surface area contributed by atoms with E-state index in [1.54, 1.807) is 0 Å². The van der Waals surface area contributed by atoms with E-state index in [1.807, 2.05) is 0 Å². The number of nitrogen functional groups attached to an aromatic ring is 1. The Balaban J connectivity index is 2.39. The zero-order chi connectivity index (χ0) is 11.8. The first-order valence-corrected chi connectivity index (χ1v) is 4.09. The Bertz CT molecular complexity index is 508. The van der Waals surface area contributed by atoms with E-state index in [2.05, 4.69) is 19.6 Å². The van der Waals surface area contributed by atoms with Crippen LogP contribution in [0, 0.1) is 0 Å². The quantitative estimate of drug-likeness (QED) is 0.807. The summed E-state index contributed by atoms with van der Waals surface area (Å²) in [5, 5.41) is 6.16. The van der Waals surface area contributed by atoms with Crippen LogP contribution in [0.1, 0.15) is 5.89 Å². The molecule has 5 nitrogen and oxygen atoms in total. The lowest BCUT2D eigenvalue weighted by atomic mass is 10.2. The molecule has 0 amide bonds. The first kappa shape index (κ1) is 10.4. The number of halogens is 3. The van der Waals surface area contributed by atoms with Gasteiger partial charge in [-0.1, -0.05) is 0 Å². The highest BCUT2D eigenvalue weighted by molar-refractivity contribution is 5.56. The molecule has 2 rings (SSSR count). The lowest BCUT2D eigenvalue weighted by molar-refractivity contribution is -0.156. The number of hydrogen-bond acceptors (Lipinski definition) is 5. The molecule has 0 aromatic carbocycles. The molecule has 0 fully saturated rings. The van der Waals surface area contributed by atoms with Crippen LogP contribution in [-0.2, 0) is 6.18 Å². The molecule has 2 aromatic heterocycles. The summed E-state index contributed by atoms with van der Waals surface area (Å²) >= 11 is 0. The monoisotopic (exact) mass is 230 g/mol. The van der Waals surface area contributed by atoms with Crippen molar-refractivity contribution in [1.29, 1.82) is 0 Å². The maximum atomic E-state index is 12.2. The Kier molecular flexibility index (Phi) is 2.26. The van der Waals surface area contributed by atoms with Crippen molar-refractivity contribution in [3.05, 3.63) is 24.2 Å². The van der Waals surface area contributed by atoms with Crippen LogP contribution in [0.15, 0.2) is 22.7 Å². The van der Waals surface area contributed by atoms with E-state index in [0.717, 1.165) is 0 Å². The highest BCUT2D eigenvalue weighted by Crippen LogP contribution is 2.30. The van der Waals surface area contributed by atoms with Gasteiger partial charge in [0.15, 0.2) is 0 Å². The van der Waals surface area contributed by atoms with E-state index in [9.17, 15) is 13.2 Å². The molecule has 16 heavy (non-hydrogen) atoms. The number of rotatable bonds is 1. The van der Waals surface area contributed by atoms with Gasteiger partial charge in [0.05, 0.1) is 0 Å². The van der Waals surface area contributed by atoms with Crippen LogP contribution in [0.4, 0.5) is 19.0 Å². The summed E-state index contributed by atoms with van der Waals surface area (Å²) in [6, 6.07) is 2.76. The van der Waals surface area contributed by atoms with Crippen LogP contribution in [0.25, 0.3) is 11.5 Å². The summed E-state index contributed by atoms with van der Waals surface area (Å²) in [7, 11) is 0. The maximum Gasteiger partial charge on any atom is 0.470 e. The average Bonchev–Trinajstić information content (AvgIpc) is 2.65. The zero-order valence-corrected chi connectivity index (χ0v) is 7.69. The molecule has 0 aliphatic heterocycles. The third kappa shape index (κ3) is 1.95. The first-order valence-electron chi connectivity index (χ1n) is 4.09. The van der Waals surface area contributed by atoms with Crippen LogP contribution in [-0.4, -0.2) is 15.2 Å². The van der Waals surface area contributed by atoms with Crippen molar-refractivity contribution >= 4 is 5.82 Å². The molecule has 0 aliphatic rings. The second kappa shape index (κ2) is 3.47. The molecule has 0 saturated carbocycles. The Morgan fingerprint density at radius 1 is 1.25 bits per heavy atom. The van der Waals surface area contributed by atoms with Crippen molar-refractivity contribution < 1.29 is 17.6 Å². The molecule has 0 aliphatic carbocycles. The Hall–Kier alpha value is -2.12. The predicted molar refractivity (Wildman–Crippen MR) is 46.9 cm³/mol. The van der Waals surface area contributed by atoms with Gasteiger partial charge in [0.2, 0.25) is 5.89 Å². The van der Waals surface area contributed by atoms with Gasteiger partial charge in [-0.2, -0.15) is 13.2 Å². The maximum absolute atomic E-state index is 12.2. The topological polar surface area (TPSA) is 77.8 Å². The van der Waals surface area contributed by atoms with Crippen molar-refractivity contribution in [1.82, 2.24) is 15.2 Å². The van der Waals surface area contributed by atoms with Crippen LogP contribution in [0.3, 0.4) is 0 Å². The molecule has 2 aromatic rings. The summed E-state index contributed by atoms with van der Waals surface area (Å²) in [6.07, 6.45) is -3.31. The van der Waals surface area contributed by atoms with E-state index < -0.39 is 12.1 Å². The molecule has 2 N–H and O–H groups in total. The van der Waals surface area contributed by atoms with E-state index in [-0.39, 0.29) is 17.3 Å². The highest BCUT2D eigenvalue weighted by Gasteiger charge is 2.38. The van der Waals surface area contributed by atoms with Gasteiger partial charge in [-0.15, -0.1) is 10.2 Å². The fourth-order valence-electron chi connectivity index (χ4n) is 1.04. The van der Waals surface area contributed by atoms with E-state index in [0.29, 0.717) is 0 Å². The third-order valence-electron chi connectivity index (χ3n) is 1.70. The van der Waals surface area contributed by atoms with Crippen LogP contribution < -0.4 is 5.73 Å². The molecule has 8 heteroatoms. The van der Waals surface area contributed by atoms with Crippen molar-refractivity contribution in [2.45, 2.75) is 6.18 Å². The van der Waals surface area contributed by atoms with Crippen LogP contribution in [0.5, 0.6) is 0 Å². The van der Waals surface area contributed by atoms with Gasteiger partial charge in [0.25, 0.3) is 0 Å². The van der Waals surface area contributed by atoms with Gasteiger partial charge in [-0.25, -0.2) is 4.98 Å². The Labute approximate surface area is 87.1 Å². The van der Waals surface area contributed by atoms with Gasteiger partial charge in [-0.3, -0.25) is 0 Å². The number of aromatic nitrogens is 3. The van der Waals surface area contributed by atoms with Gasteiger partial charge >= 0.3 is 12.1 Å². The van der Waals surface area contributed by atoms with Crippen molar-refractivity contribution in [3.63, 3.8) is 0 Å². The largest absolute Gasteiger partial charge is 0.470 e. The standard InChI is InChI=1S/C8H5F3N4O/c9-8(10,11)7-15-14-6(16-7)4-1-2-13-5(12)3-4/h1-3H,(H2,12,13). The molecule has 0 unspecified atom stereocenters. The van der Waals surface area contributed by atoms with E-state index in [1.165, 1.54) is 18.3 Å². The number of nitrogens with two attached hydrogens (primary N) is 1. The summed E-state index contributed by atoms with van der Waals surface area (Å²) in [5.74, 6) is -1.48. The van der Waals surface area contributed by atoms with E-state index in [4.69, 9.17) is 5.73 Å². The number of hydrogen-bond donors (Lipinski definition) is 1. The molecule has 0 atom stereocenters. The second-order valence-electron chi connectivity index (χ2n) is 2.88. The highest BCUT2D eigenvalue weighted by atomic mass is 19.4. The summed E-state index contributed by atoms with van der Waals surface area (Å²) < 4.78 is 40.9. The molecule has 84 valence electrons. The minimum Gasteiger partial charge on any atom is -0.413 e. The van der Waals surface area contributed by atoms with E-state index >= 15 is 0 Å². The molecule has 2 heterocycles. The van der Waals surface area contributed by atoms with Crippen molar-refractivity contribution in [2.24, 2.45) is 0 Å². The van der Waals surface area contributed by atoms with Gasteiger partial charge in [0, 0.05) is 11.8 Å². The van der Waals surface area contributed by atoms with Crippen molar-refractivity contribution in [3.8, 4) is 11.5 Å². The minimum absolute atomic E-state index is 0.157. The van der Waals surface area contributed by atoms with Crippen molar-refractivity contribution in [2.75, 3.05) is 5.73 Å². The predicted octanol–water partition coefficient (Wildman–Crippen LogP) is 1.73. The number of pyridine rings is 1. The summed E-state index contributed by atoms with van der Waals surface area (Å²) in [5.41, 5.74) is 5.65. The SMILES string of the molecule is Nc1cc(-c2nnc(C(F)(F)F)o2)ccn1. The summed E-state index contributed by atoms with van der Waals surface area (Å²) in [6.45, 7) is 0. The molecular weight excluding hydrogens is 225 g/mol. The van der Waals surface area contributed by atoms with Crippen LogP contribution in [0.2, 0.25) is 0 Å². The van der Waals surface area contributed by atoms with Gasteiger partial charge < -0.3 is 10.2 Å². The minimum atomic E-state index is -4.65. The average molecular weight is 230 g/mol. The molecule has 0 radical (unpaired) electrons. The molecule has 0 saturated heterocycles.